The minimum absolute atomic E-state index is 0.333. The molecule has 0 aliphatic heterocycles. The number of aromatic nitrogens is 4. The Morgan fingerprint density at radius 1 is 0.846 bits per heavy atom. The fraction of sp³-hybridized carbons (Fsp3) is 0.404. The zero-order chi connectivity index (χ0) is 36.5. The summed E-state index contributed by atoms with van der Waals surface area (Å²) in [5.41, 5.74) is 11.5. The second-order valence-electron chi connectivity index (χ2n) is 15.9. The molecule has 6 aromatic rings. The first kappa shape index (κ1) is 35.7. The summed E-state index contributed by atoms with van der Waals surface area (Å²) in [6.07, 6.45) is 12.0. The minimum atomic E-state index is 0.333. The predicted octanol–water partition coefficient (Wildman–Crippen LogP) is 12.8. The van der Waals surface area contributed by atoms with Gasteiger partial charge in [0.15, 0.2) is 0 Å². The monoisotopic (exact) mass is 692 g/mol. The quantitative estimate of drug-likeness (QED) is 0.120. The maximum Gasteiger partial charge on any atom is 0.137 e. The van der Waals surface area contributed by atoms with Gasteiger partial charge in [-0.25, -0.2) is 9.67 Å². The number of allylic oxidation sites excluding steroid dienone is 2. The zero-order valence-electron chi connectivity index (χ0n) is 32.5. The first-order valence-corrected chi connectivity index (χ1v) is 19.8. The standard InChI is InChI=1S/C47H56N4O/c1-9-14-41-47(46-32(7)16-13-17-33(46)8)43(15-10-2)51(49-41)36-26-35(31(5)6)27-38(28-36)52-37-20-21-40-39-18-11-12-19-42(39)50(44(40)29-37)45-25-34(22-23-48-45)24-30(3)4/h11-12,16,18-23,25-31,33,46H,9-10,13-15,17,24H2,1-8H3/t33?,46-/m0/s1. The van der Waals surface area contributed by atoms with Gasteiger partial charge in [-0.3, -0.25) is 4.57 Å². The van der Waals surface area contributed by atoms with Crippen LogP contribution in [0.4, 0.5) is 0 Å². The van der Waals surface area contributed by atoms with E-state index in [4.69, 9.17) is 14.8 Å². The van der Waals surface area contributed by atoms with Gasteiger partial charge in [0.25, 0.3) is 0 Å². The van der Waals surface area contributed by atoms with Gasteiger partial charge in [0.2, 0.25) is 0 Å². The van der Waals surface area contributed by atoms with Crippen molar-refractivity contribution in [1.29, 1.82) is 0 Å². The summed E-state index contributed by atoms with van der Waals surface area (Å²) in [6.45, 7) is 18.4. The van der Waals surface area contributed by atoms with Gasteiger partial charge in [-0.15, -0.1) is 0 Å². The average molecular weight is 693 g/mol. The number of rotatable bonds is 12. The Hall–Kier alpha value is -4.64. The first-order chi connectivity index (χ1) is 25.2. The number of hydrogen-bond acceptors (Lipinski definition) is 3. The molecule has 0 radical (unpaired) electrons. The fourth-order valence-corrected chi connectivity index (χ4v) is 8.51. The van der Waals surface area contributed by atoms with E-state index in [0.29, 0.717) is 23.7 Å². The molecule has 5 heteroatoms. The molecule has 0 saturated heterocycles. The average Bonchev–Trinajstić information content (AvgIpc) is 3.63. The first-order valence-electron chi connectivity index (χ1n) is 19.8. The molecule has 0 amide bonds. The van der Waals surface area contributed by atoms with E-state index in [0.717, 1.165) is 66.1 Å². The number of nitrogens with zero attached hydrogens (tertiary/aromatic N) is 4. The smallest absolute Gasteiger partial charge is 0.137 e. The summed E-state index contributed by atoms with van der Waals surface area (Å²) in [5.74, 6) is 4.51. The number of fused-ring (bicyclic) bond motifs is 3. The number of benzene rings is 3. The van der Waals surface area contributed by atoms with E-state index in [1.807, 2.05) is 6.20 Å². The van der Waals surface area contributed by atoms with Crippen LogP contribution in [0.2, 0.25) is 0 Å². The summed E-state index contributed by atoms with van der Waals surface area (Å²) in [5, 5.41) is 7.84. The van der Waals surface area contributed by atoms with Gasteiger partial charge < -0.3 is 4.74 Å². The molecule has 3 aromatic carbocycles. The van der Waals surface area contributed by atoms with Crippen molar-refractivity contribution in [3.63, 3.8) is 0 Å². The van der Waals surface area contributed by atoms with E-state index in [9.17, 15) is 0 Å². The number of hydrogen-bond donors (Lipinski definition) is 0. The van der Waals surface area contributed by atoms with Gasteiger partial charge >= 0.3 is 0 Å². The summed E-state index contributed by atoms with van der Waals surface area (Å²) >= 11 is 0. The summed E-state index contributed by atoms with van der Waals surface area (Å²) in [6, 6.07) is 26.2. The lowest BCUT2D eigenvalue weighted by molar-refractivity contribution is 0.445. The highest BCUT2D eigenvalue weighted by Crippen LogP contribution is 2.43. The molecule has 3 heterocycles. The van der Waals surface area contributed by atoms with Crippen LogP contribution >= 0.6 is 0 Å². The lowest BCUT2D eigenvalue weighted by atomic mass is 9.74. The summed E-state index contributed by atoms with van der Waals surface area (Å²) < 4.78 is 11.4. The van der Waals surface area contributed by atoms with E-state index in [-0.39, 0.29) is 0 Å². The SMILES string of the molecule is CCCc1nn(-c2cc(Oc3ccc4c5ccccc5n(-c5cc(CC(C)C)ccn5)c4c3)cc(C(C)C)c2)c(CCC)c1[C@H]1C(C)=CCCC1C. The second kappa shape index (κ2) is 15.1. The second-order valence-corrected chi connectivity index (χ2v) is 15.9. The molecule has 7 rings (SSSR count). The van der Waals surface area contributed by atoms with Crippen LogP contribution in [-0.2, 0) is 19.3 Å². The van der Waals surface area contributed by atoms with Gasteiger partial charge in [-0.2, -0.15) is 5.10 Å². The summed E-state index contributed by atoms with van der Waals surface area (Å²) in [7, 11) is 0. The normalized spacial score (nSPS) is 16.4. The van der Waals surface area contributed by atoms with E-state index >= 15 is 0 Å². The fourth-order valence-electron chi connectivity index (χ4n) is 8.51. The number of para-hydroxylation sites is 1. The van der Waals surface area contributed by atoms with Crippen LogP contribution in [0, 0.1) is 11.8 Å². The molecule has 3 aromatic heterocycles. The molecule has 0 spiro atoms. The molecular formula is C47H56N4O. The predicted molar refractivity (Wildman–Crippen MR) is 218 cm³/mol. The van der Waals surface area contributed by atoms with Crippen LogP contribution in [0.25, 0.3) is 33.3 Å². The molecule has 1 aliphatic carbocycles. The van der Waals surface area contributed by atoms with Crippen LogP contribution in [0.5, 0.6) is 11.5 Å². The molecule has 0 saturated carbocycles. The molecule has 1 unspecified atom stereocenters. The van der Waals surface area contributed by atoms with E-state index in [1.54, 1.807) is 0 Å². The molecule has 1 aliphatic rings. The number of ether oxygens (including phenoxy) is 1. The van der Waals surface area contributed by atoms with Gasteiger partial charge in [0, 0.05) is 46.3 Å². The van der Waals surface area contributed by atoms with Crippen LogP contribution < -0.4 is 4.74 Å². The zero-order valence-corrected chi connectivity index (χ0v) is 32.5. The van der Waals surface area contributed by atoms with E-state index < -0.39 is 0 Å². The van der Waals surface area contributed by atoms with Crippen LogP contribution in [0.3, 0.4) is 0 Å². The van der Waals surface area contributed by atoms with E-state index in [1.165, 1.54) is 57.3 Å². The van der Waals surface area contributed by atoms with Crippen LogP contribution in [0.1, 0.15) is 121 Å². The topological polar surface area (TPSA) is 44.9 Å². The molecule has 0 N–H and O–H groups in total. The Labute approximate surface area is 310 Å². The van der Waals surface area contributed by atoms with Crippen molar-refractivity contribution in [1.82, 2.24) is 19.3 Å². The van der Waals surface area contributed by atoms with Crippen molar-refractivity contribution in [2.45, 2.75) is 112 Å². The highest BCUT2D eigenvalue weighted by Gasteiger charge is 2.31. The Bertz CT molecular complexity index is 2230. The highest BCUT2D eigenvalue weighted by molar-refractivity contribution is 6.09. The third-order valence-electron chi connectivity index (χ3n) is 10.9. The minimum Gasteiger partial charge on any atom is -0.457 e. The molecule has 5 nitrogen and oxygen atoms in total. The molecule has 0 fully saturated rings. The third kappa shape index (κ3) is 6.95. The molecule has 270 valence electrons. The van der Waals surface area contributed by atoms with Crippen molar-refractivity contribution in [2.75, 3.05) is 0 Å². The largest absolute Gasteiger partial charge is 0.457 e. The number of pyridine rings is 1. The lowest BCUT2D eigenvalue weighted by Gasteiger charge is -2.30. The highest BCUT2D eigenvalue weighted by atomic mass is 16.5. The Morgan fingerprint density at radius 3 is 2.38 bits per heavy atom. The van der Waals surface area contributed by atoms with Crippen molar-refractivity contribution in [3.05, 3.63) is 119 Å². The maximum atomic E-state index is 6.85. The van der Waals surface area contributed by atoms with Crippen molar-refractivity contribution >= 4 is 21.8 Å². The Morgan fingerprint density at radius 2 is 1.63 bits per heavy atom. The van der Waals surface area contributed by atoms with Gasteiger partial charge in [0.1, 0.15) is 17.3 Å². The van der Waals surface area contributed by atoms with E-state index in [2.05, 4.69) is 144 Å². The molecule has 52 heavy (non-hydrogen) atoms. The number of aryl methyl sites for hydroxylation is 1. The molecular weight excluding hydrogens is 637 g/mol. The van der Waals surface area contributed by atoms with Crippen molar-refractivity contribution < 1.29 is 4.74 Å². The van der Waals surface area contributed by atoms with Gasteiger partial charge in [-0.1, -0.05) is 91.2 Å². The molecule has 2 atom stereocenters. The van der Waals surface area contributed by atoms with Crippen molar-refractivity contribution in [3.8, 4) is 23.0 Å². The summed E-state index contributed by atoms with van der Waals surface area (Å²) in [4.78, 5) is 4.88. The van der Waals surface area contributed by atoms with Crippen LogP contribution in [0.15, 0.2) is 90.6 Å². The Kier molecular flexibility index (Phi) is 10.4. The van der Waals surface area contributed by atoms with Gasteiger partial charge in [-0.05, 0) is 110 Å². The van der Waals surface area contributed by atoms with Crippen LogP contribution in [-0.4, -0.2) is 19.3 Å². The van der Waals surface area contributed by atoms with Gasteiger partial charge in [0.05, 0.1) is 22.4 Å². The van der Waals surface area contributed by atoms with Crippen molar-refractivity contribution in [2.24, 2.45) is 11.8 Å². The molecule has 0 bridgehead atoms. The Balaban J connectivity index is 1.34. The maximum absolute atomic E-state index is 6.85. The third-order valence-corrected chi connectivity index (χ3v) is 10.9. The lowest BCUT2D eigenvalue weighted by Crippen LogP contribution is -2.18.